The van der Waals surface area contributed by atoms with Crippen LogP contribution in [0, 0.1) is 0 Å². The fourth-order valence-corrected chi connectivity index (χ4v) is 2.50. The van der Waals surface area contributed by atoms with Crippen molar-refractivity contribution >= 4 is 23.2 Å². The minimum Gasteiger partial charge on any atom is -0.378 e. The van der Waals surface area contributed by atoms with Crippen LogP contribution in [0.2, 0.25) is 0 Å². The van der Waals surface area contributed by atoms with Crippen LogP contribution in [0.1, 0.15) is 11.1 Å². The highest BCUT2D eigenvalue weighted by Gasteiger charge is 2.00. The molecule has 0 aliphatic heterocycles. The minimum absolute atomic E-state index is 0.881. The van der Waals surface area contributed by atoms with Crippen molar-refractivity contribution in [2.24, 2.45) is 5.10 Å². The molecule has 0 radical (unpaired) electrons. The van der Waals surface area contributed by atoms with Crippen LogP contribution in [0.15, 0.2) is 96.1 Å². The molecular formula is C23H23N3. The van der Waals surface area contributed by atoms with Gasteiger partial charge in [0.05, 0.1) is 11.4 Å². The first-order valence-electron chi connectivity index (χ1n) is 8.62. The van der Waals surface area contributed by atoms with E-state index >= 15 is 0 Å². The lowest BCUT2D eigenvalue weighted by Crippen LogP contribution is -2.07. The van der Waals surface area contributed by atoms with Crippen LogP contribution >= 0.6 is 0 Å². The molecule has 0 heterocycles. The second-order valence-electron chi connectivity index (χ2n) is 6.16. The molecule has 0 amide bonds. The van der Waals surface area contributed by atoms with Crippen molar-refractivity contribution in [1.29, 1.82) is 0 Å². The van der Waals surface area contributed by atoms with Gasteiger partial charge in [0, 0.05) is 25.3 Å². The van der Waals surface area contributed by atoms with Gasteiger partial charge in [-0.2, -0.15) is 5.10 Å². The van der Waals surface area contributed by atoms with E-state index in [4.69, 9.17) is 0 Å². The van der Waals surface area contributed by atoms with Crippen LogP contribution in [0.3, 0.4) is 0 Å². The van der Waals surface area contributed by atoms with Crippen molar-refractivity contribution in [2.45, 2.75) is 0 Å². The number of hydrazone groups is 1. The van der Waals surface area contributed by atoms with Crippen molar-refractivity contribution in [1.82, 2.24) is 0 Å². The fraction of sp³-hybridized carbons (Fsp3) is 0.0870. The highest BCUT2D eigenvalue weighted by molar-refractivity contribution is 6.11. The monoisotopic (exact) mass is 341 g/mol. The van der Waals surface area contributed by atoms with Crippen molar-refractivity contribution in [3.63, 3.8) is 0 Å². The summed E-state index contributed by atoms with van der Waals surface area (Å²) in [5.74, 6) is 0. The molecule has 3 aromatic rings. The Morgan fingerprint density at radius 2 is 1.42 bits per heavy atom. The average Bonchev–Trinajstić information content (AvgIpc) is 2.70. The van der Waals surface area contributed by atoms with Crippen LogP contribution in [-0.2, 0) is 0 Å². The van der Waals surface area contributed by atoms with Crippen molar-refractivity contribution in [3.8, 4) is 0 Å². The molecule has 0 spiro atoms. The van der Waals surface area contributed by atoms with Crippen molar-refractivity contribution < 1.29 is 0 Å². The van der Waals surface area contributed by atoms with Crippen LogP contribution in [0.5, 0.6) is 0 Å². The fourth-order valence-electron chi connectivity index (χ4n) is 2.50. The quantitative estimate of drug-likeness (QED) is 0.488. The number of nitrogens with one attached hydrogen (secondary N) is 1. The Hall–Kier alpha value is -3.33. The van der Waals surface area contributed by atoms with Gasteiger partial charge in [0.2, 0.25) is 0 Å². The summed E-state index contributed by atoms with van der Waals surface area (Å²) in [5, 5.41) is 4.60. The lowest BCUT2D eigenvalue weighted by atomic mass is 10.1. The first-order valence-corrected chi connectivity index (χ1v) is 8.62. The van der Waals surface area contributed by atoms with Gasteiger partial charge in [0.1, 0.15) is 0 Å². The van der Waals surface area contributed by atoms with Crippen molar-refractivity contribution in [3.05, 3.63) is 102 Å². The maximum Gasteiger partial charge on any atom is 0.0905 e. The largest absolute Gasteiger partial charge is 0.378 e. The summed E-state index contributed by atoms with van der Waals surface area (Å²) in [6.45, 7) is 0. The van der Waals surface area contributed by atoms with E-state index in [2.05, 4.69) is 57.9 Å². The van der Waals surface area contributed by atoms with Gasteiger partial charge in [0.25, 0.3) is 0 Å². The molecule has 3 aromatic carbocycles. The SMILES string of the molecule is CN(C)c1ccc(/C=C\C(=N/Nc2ccccc2)c2ccccc2)cc1. The number of para-hydroxylation sites is 1. The Morgan fingerprint density at radius 3 is 2.04 bits per heavy atom. The Bertz CT molecular complexity index is 864. The van der Waals surface area contributed by atoms with E-state index in [-0.39, 0.29) is 0 Å². The first kappa shape index (κ1) is 17.5. The lowest BCUT2D eigenvalue weighted by molar-refractivity contribution is 1.13. The number of rotatable bonds is 6. The van der Waals surface area contributed by atoms with Gasteiger partial charge in [-0.25, -0.2) is 0 Å². The maximum atomic E-state index is 4.60. The molecule has 3 heteroatoms. The molecular weight excluding hydrogens is 318 g/mol. The Kier molecular flexibility index (Phi) is 5.84. The van der Waals surface area contributed by atoms with E-state index in [1.165, 1.54) is 5.69 Å². The summed E-state index contributed by atoms with van der Waals surface area (Å²) in [5.41, 5.74) is 8.37. The summed E-state index contributed by atoms with van der Waals surface area (Å²) < 4.78 is 0. The molecule has 0 aliphatic rings. The summed E-state index contributed by atoms with van der Waals surface area (Å²) in [4.78, 5) is 2.09. The molecule has 0 saturated heterocycles. The highest BCUT2D eigenvalue weighted by atomic mass is 15.3. The van der Waals surface area contributed by atoms with Gasteiger partial charge in [-0.3, -0.25) is 5.43 Å². The second kappa shape index (κ2) is 8.67. The van der Waals surface area contributed by atoms with E-state index in [0.29, 0.717) is 0 Å². The van der Waals surface area contributed by atoms with E-state index < -0.39 is 0 Å². The molecule has 0 unspecified atom stereocenters. The number of allylic oxidation sites excluding steroid dienone is 1. The third kappa shape index (κ3) is 4.84. The smallest absolute Gasteiger partial charge is 0.0905 e. The van der Waals surface area contributed by atoms with Crippen LogP contribution in [0.25, 0.3) is 6.08 Å². The zero-order chi connectivity index (χ0) is 18.2. The maximum absolute atomic E-state index is 4.60. The number of anilines is 2. The molecule has 0 saturated carbocycles. The van der Waals surface area contributed by atoms with Crippen LogP contribution < -0.4 is 10.3 Å². The van der Waals surface area contributed by atoms with Crippen LogP contribution in [-0.4, -0.2) is 19.8 Å². The molecule has 1 N–H and O–H groups in total. The van der Waals surface area contributed by atoms with E-state index in [1.807, 2.05) is 68.7 Å². The molecule has 26 heavy (non-hydrogen) atoms. The van der Waals surface area contributed by atoms with E-state index in [0.717, 1.165) is 22.5 Å². The predicted octanol–water partition coefficient (Wildman–Crippen LogP) is 5.28. The average molecular weight is 341 g/mol. The van der Waals surface area contributed by atoms with Gasteiger partial charge >= 0.3 is 0 Å². The van der Waals surface area contributed by atoms with E-state index in [9.17, 15) is 0 Å². The summed E-state index contributed by atoms with van der Waals surface area (Å²) in [7, 11) is 4.08. The van der Waals surface area contributed by atoms with Gasteiger partial charge in [-0.15, -0.1) is 0 Å². The third-order valence-electron chi connectivity index (χ3n) is 3.99. The molecule has 0 bridgehead atoms. The Morgan fingerprint density at radius 1 is 0.808 bits per heavy atom. The zero-order valence-corrected chi connectivity index (χ0v) is 15.1. The number of nitrogens with zero attached hydrogens (tertiary/aromatic N) is 2. The summed E-state index contributed by atoms with van der Waals surface area (Å²) in [6.07, 6.45) is 4.12. The summed E-state index contributed by atoms with van der Waals surface area (Å²) >= 11 is 0. The normalized spacial score (nSPS) is 11.5. The minimum atomic E-state index is 0.881. The molecule has 3 rings (SSSR count). The summed E-state index contributed by atoms with van der Waals surface area (Å²) in [6, 6.07) is 28.6. The molecule has 0 aliphatic carbocycles. The Labute approximate surface area is 155 Å². The molecule has 0 aromatic heterocycles. The molecule has 3 nitrogen and oxygen atoms in total. The Balaban J connectivity index is 1.83. The zero-order valence-electron chi connectivity index (χ0n) is 15.1. The van der Waals surface area contributed by atoms with Gasteiger partial charge in [-0.1, -0.05) is 66.7 Å². The first-order chi connectivity index (χ1) is 12.7. The lowest BCUT2D eigenvalue weighted by Gasteiger charge is -2.11. The number of hydrogen-bond donors (Lipinski definition) is 1. The third-order valence-corrected chi connectivity index (χ3v) is 3.99. The predicted molar refractivity (Wildman–Crippen MR) is 113 cm³/mol. The molecule has 0 fully saturated rings. The number of hydrogen-bond acceptors (Lipinski definition) is 3. The van der Waals surface area contributed by atoms with E-state index in [1.54, 1.807) is 0 Å². The van der Waals surface area contributed by atoms with Crippen molar-refractivity contribution in [2.75, 3.05) is 24.4 Å². The topological polar surface area (TPSA) is 27.6 Å². The van der Waals surface area contributed by atoms with Crippen LogP contribution in [0.4, 0.5) is 11.4 Å². The second-order valence-corrected chi connectivity index (χ2v) is 6.16. The standard InChI is InChI=1S/C23H23N3/c1-26(2)22-16-13-19(14-17-22)15-18-23(20-9-5-3-6-10-20)25-24-21-11-7-4-8-12-21/h3-18,24H,1-2H3/b18-15-,25-23+. The van der Waals surface area contributed by atoms with Gasteiger partial charge in [0.15, 0.2) is 0 Å². The molecule has 130 valence electrons. The van der Waals surface area contributed by atoms with Gasteiger partial charge < -0.3 is 4.90 Å². The highest BCUT2D eigenvalue weighted by Crippen LogP contribution is 2.14. The number of benzene rings is 3. The molecule has 0 atom stereocenters. The van der Waals surface area contributed by atoms with Gasteiger partial charge in [-0.05, 0) is 35.9 Å².